The largest absolute Gasteiger partial charge is 0.380 e. The lowest BCUT2D eigenvalue weighted by atomic mass is 9.84. The van der Waals surface area contributed by atoms with Crippen molar-refractivity contribution in [1.29, 1.82) is 0 Å². The maximum absolute atomic E-state index is 12.9. The summed E-state index contributed by atoms with van der Waals surface area (Å²) in [5.74, 6) is 0. The van der Waals surface area contributed by atoms with E-state index in [0.717, 1.165) is 26.5 Å². The van der Waals surface area contributed by atoms with Crippen LogP contribution in [0.5, 0.6) is 0 Å². The number of hydrogen-bond acceptors (Lipinski definition) is 7. The molecule has 0 atom stereocenters. The van der Waals surface area contributed by atoms with Crippen molar-refractivity contribution in [3.63, 3.8) is 0 Å². The molecule has 180 valence electrons. The Kier molecular flexibility index (Phi) is 8.26. The average molecular weight is 454 g/mol. The van der Waals surface area contributed by atoms with Crippen molar-refractivity contribution in [3.8, 4) is 0 Å². The summed E-state index contributed by atoms with van der Waals surface area (Å²) >= 11 is 0. The summed E-state index contributed by atoms with van der Waals surface area (Å²) in [5, 5.41) is 0. The van der Waals surface area contributed by atoms with Crippen LogP contribution in [0.25, 0.3) is 0 Å². The number of aromatic nitrogens is 3. The van der Waals surface area contributed by atoms with Crippen LogP contribution in [-0.4, -0.2) is 66.6 Å². The number of rotatable bonds is 14. The molecule has 2 aliphatic rings. The third kappa shape index (κ3) is 5.14. The van der Waals surface area contributed by atoms with E-state index in [1.165, 1.54) is 6.08 Å². The van der Waals surface area contributed by atoms with Gasteiger partial charge in [-0.2, -0.15) is 0 Å². The first-order chi connectivity index (χ1) is 15.4. The lowest BCUT2D eigenvalue weighted by molar-refractivity contribution is -0.150. The topological polar surface area (TPSA) is 103 Å². The third-order valence-electron chi connectivity index (χ3n) is 6.57. The minimum atomic E-state index is -0.658. The van der Waals surface area contributed by atoms with Crippen molar-refractivity contribution < 1.29 is 18.9 Å². The molecular weight excluding hydrogens is 418 g/mol. The molecule has 2 aliphatic heterocycles. The van der Waals surface area contributed by atoms with Gasteiger partial charge in [0.1, 0.15) is 0 Å². The molecule has 10 nitrogen and oxygen atoms in total. The van der Waals surface area contributed by atoms with E-state index in [4.69, 9.17) is 18.9 Å². The van der Waals surface area contributed by atoms with Crippen LogP contribution in [0.2, 0.25) is 0 Å². The van der Waals surface area contributed by atoms with Gasteiger partial charge in [-0.1, -0.05) is 19.9 Å². The lowest BCUT2D eigenvalue weighted by Crippen LogP contribution is -2.55. The molecule has 1 aromatic heterocycles. The van der Waals surface area contributed by atoms with Crippen molar-refractivity contribution in [2.45, 2.75) is 46.3 Å². The summed E-state index contributed by atoms with van der Waals surface area (Å²) < 4.78 is 25.2. The summed E-state index contributed by atoms with van der Waals surface area (Å²) in [6, 6.07) is 0. The van der Waals surface area contributed by atoms with Crippen molar-refractivity contribution in [3.05, 3.63) is 44.1 Å². The van der Waals surface area contributed by atoms with E-state index in [0.29, 0.717) is 39.6 Å². The van der Waals surface area contributed by atoms with Gasteiger partial charge in [0.05, 0.1) is 72.5 Å². The van der Waals surface area contributed by atoms with E-state index in [-0.39, 0.29) is 43.7 Å². The normalized spacial score (nSPS) is 18.7. The van der Waals surface area contributed by atoms with Crippen LogP contribution < -0.4 is 17.1 Å². The maximum atomic E-state index is 12.9. The number of nitrogens with zero attached hydrogens (tertiary/aromatic N) is 3. The van der Waals surface area contributed by atoms with Gasteiger partial charge >= 0.3 is 17.1 Å². The standard InChI is InChI=1S/C22H35N3O7/c1-4-7-23-18(26)24(8-10-29-12-21(5-2)14-31-15-21)20(28)25(19(23)27)9-11-30-13-22(6-3)16-32-17-22/h4H,1,5-17H2,2-3H3. The highest BCUT2D eigenvalue weighted by molar-refractivity contribution is 4.86. The zero-order chi connectivity index (χ0) is 23.2. The first kappa shape index (κ1) is 24.6. The predicted octanol–water partition coefficient (Wildman–Crippen LogP) is 0.244. The summed E-state index contributed by atoms with van der Waals surface area (Å²) in [5.41, 5.74) is -1.93. The molecule has 10 heteroatoms. The van der Waals surface area contributed by atoms with E-state index in [2.05, 4.69) is 20.4 Å². The molecule has 3 rings (SSSR count). The molecule has 2 saturated heterocycles. The second kappa shape index (κ2) is 10.7. The molecule has 3 heterocycles. The monoisotopic (exact) mass is 453 g/mol. The van der Waals surface area contributed by atoms with Gasteiger partial charge in [-0.3, -0.25) is 0 Å². The molecule has 0 spiro atoms. The Balaban J connectivity index is 1.68. The lowest BCUT2D eigenvalue weighted by Gasteiger charge is -2.40. The summed E-state index contributed by atoms with van der Waals surface area (Å²) in [6.45, 7) is 12.0. The van der Waals surface area contributed by atoms with Gasteiger partial charge in [0.2, 0.25) is 0 Å². The molecule has 0 aromatic carbocycles. The fraction of sp³-hybridized carbons (Fsp3) is 0.773. The third-order valence-corrected chi connectivity index (χ3v) is 6.57. The molecule has 0 radical (unpaired) electrons. The Hall–Kier alpha value is -2.01. The fourth-order valence-electron chi connectivity index (χ4n) is 3.80. The molecule has 0 aliphatic carbocycles. The molecule has 0 saturated carbocycles. The van der Waals surface area contributed by atoms with E-state index in [1.807, 2.05) is 0 Å². The van der Waals surface area contributed by atoms with Gasteiger partial charge in [-0.05, 0) is 12.8 Å². The molecule has 2 fully saturated rings. The predicted molar refractivity (Wildman–Crippen MR) is 118 cm³/mol. The van der Waals surface area contributed by atoms with Crippen LogP contribution in [-0.2, 0) is 38.6 Å². The van der Waals surface area contributed by atoms with Gasteiger partial charge in [0, 0.05) is 10.8 Å². The van der Waals surface area contributed by atoms with E-state index >= 15 is 0 Å². The molecule has 0 bridgehead atoms. The molecule has 0 unspecified atom stereocenters. The van der Waals surface area contributed by atoms with Crippen molar-refractivity contribution in [1.82, 2.24) is 13.7 Å². The average Bonchev–Trinajstić information content (AvgIpc) is 2.73. The Labute approximate surface area is 187 Å². The van der Waals surface area contributed by atoms with Crippen LogP contribution >= 0.6 is 0 Å². The molecule has 32 heavy (non-hydrogen) atoms. The molecule has 0 amide bonds. The summed E-state index contributed by atoms with van der Waals surface area (Å²) in [7, 11) is 0. The van der Waals surface area contributed by atoms with Gasteiger partial charge in [-0.15, -0.1) is 6.58 Å². The van der Waals surface area contributed by atoms with Crippen LogP contribution in [0, 0.1) is 10.8 Å². The molecule has 0 N–H and O–H groups in total. The first-order valence-corrected chi connectivity index (χ1v) is 11.3. The van der Waals surface area contributed by atoms with E-state index in [1.54, 1.807) is 0 Å². The van der Waals surface area contributed by atoms with E-state index < -0.39 is 17.1 Å². The smallest absolute Gasteiger partial charge is 0.336 e. The highest BCUT2D eigenvalue weighted by atomic mass is 16.5. The summed E-state index contributed by atoms with van der Waals surface area (Å²) in [4.78, 5) is 38.4. The van der Waals surface area contributed by atoms with E-state index in [9.17, 15) is 14.4 Å². The Morgan fingerprint density at radius 2 is 1.22 bits per heavy atom. The van der Waals surface area contributed by atoms with Crippen LogP contribution in [0.1, 0.15) is 26.7 Å². The Bertz CT molecular complexity index is 874. The van der Waals surface area contributed by atoms with Crippen LogP contribution in [0.3, 0.4) is 0 Å². The maximum Gasteiger partial charge on any atom is 0.336 e. The minimum absolute atomic E-state index is 0.0193. The number of allylic oxidation sites excluding steroid dienone is 1. The van der Waals surface area contributed by atoms with Crippen molar-refractivity contribution in [2.75, 3.05) is 52.9 Å². The SMILES string of the molecule is C=CCn1c(=O)n(CCOCC2(CC)COC2)c(=O)n(CCOCC2(CC)COC2)c1=O. The van der Waals surface area contributed by atoms with Crippen LogP contribution in [0.15, 0.2) is 27.0 Å². The fourth-order valence-corrected chi connectivity index (χ4v) is 3.80. The van der Waals surface area contributed by atoms with Crippen molar-refractivity contribution >= 4 is 0 Å². The summed E-state index contributed by atoms with van der Waals surface area (Å²) in [6.07, 6.45) is 3.34. The van der Waals surface area contributed by atoms with Crippen molar-refractivity contribution in [2.24, 2.45) is 10.8 Å². The number of hydrogen-bond donors (Lipinski definition) is 0. The zero-order valence-corrected chi connectivity index (χ0v) is 19.2. The second-order valence-corrected chi connectivity index (χ2v) is 8.85. The highest BCUT2D eigenvalue weighted by Crippen LogP contribution is 2.31. The first-order valence-electron chi connectivity index (χ1n) is 11.3. The number of ether oxygens (including phenoxy) is 4. The second-order valence-electron chi connectivity index (χ2n) is 8.85. The Morgan fingerprint density at radius 1 is 0.812 bits per heavy atom. The van der Waals surface area contributed by atoms with Gasteiger partial charge < -0.3 is 18.9 Å². The molecule has 1 aromatic rings. The highest BCUT2D eigenvalue weighted by Gasteiger charge is 2.37. The van der Waals surface area contributed by atoms with Gasteiger partial charge in [0.25, 0.3) is 0 Å². The Morgan fingerprint density at radius 3 is 1.53 bits per heavy atom. The van der Waals surface area contributed by atoms with Crippen LogP contribution in [0.4, 0.5) is 0 Å². The zero-order valence-electron chi connectivity index (χ0n) is 19.2. The quantitative estimate of drug-likeness (QED) is 0.294. The van der Waals surface area contributed by atoms with Gasteiger partial charge in [0.15, 0.2) is 0 Å². The molecular formula is C22H35N3O7. The van der Waals surface area contributed by atoms with Gasteiger partial charge in [-0.25, -0.2) is 28.1 Å². The minimum Gasteiger partial charge on any atom is -0.380 e.